The molecule has 0 aromatic carbocycles. The van der Waals surface area contributed by atoms with Crippen molar-refractivity contribution in [2.75, 3.05) is 0 Å². The summed E-state index contributed by atoms with van der Waals surface area (Å²) in [5, 5.41) is 0. The molecule has 3 atom stereocenters. The molecule has 0 unspecified atom stereocenters. The molecule has 0 spiro atoms. The van der Waals surface area contributed by atoms with Crippen LogP contribution in [0.3, 0.4) is 0 Å². The van der Waals surface area contributed by atoms with Crippen LogP contribution in [0, 0.1) is 11.8 Å². The van der Waals surface area contributed by atoms with Crippen LogP contribution >= 0.6 is 0 Å². The van der Waals surface area contributed by atoms with E-state index in [4.69, 9.17) is 5.73 Å². The SMILES string of the molecule is C[C@@H]1CCC[C@@H]([C@@H](C)N)C1. The lowest BCUT2D eigenvalue weighted by Crippen LogP contribution is -2.30. The van der Waals surface area contributed by atoms with E-state index in [1.807, 2.05) is 0 Å². The number of hydrogen-bond donors (Lipinski definition) is 1. The third-order valence-corrected chi connectivity index (χ3v) is 2.72. The molecular weight excluding hydrogens is 122 g/mol. The Kier molecular flexibility index (Phi) is 2.72. The standard InChI is InChI=1S/C9H19N/c1-7-4-3-5-9(6-7)8(2)10/h7-9H,3-6,10H2,1-2H3/t7-,8-,9-/m1/s1. The summed E-state index contributed by atoms with van der Waals surface area (Å²) < 4.78 is 0. The van der Waals surface area contributed by atoms with Gasteiger partial charge in [-0.05, 0) is 31.6 Å². The van der Waals surface area contributed by atoms with Gasteiger partial charge in [0.1, 0.15) is 0 Å². The first-order valence-corrected chi connectivity index (χ1v) is 4.45. The fraction of sp³-hybridized carbons (Fsp3) is 1.00. The van der Waals surface area contributed by atoms with Crippen molar-refractivity contribution in [1.29, 1.82) is 0 Å². The lowest BCUT2D eigenvalue weighted by Gasteiger charge is -2.29. The highest BCUT2D eigenvalue weighted by Gasteiger charge is 2.21. The number of hydrogen-bond acceptors (Lipinski definition) is 1. The zero-order chi connectivity index (χ0) is 7.56. The molecule has 0 saturated heterocycles. The van der Waals surface area contributed by atoms with E-state index < -0.39 is 0 Å². The summed E-state index contributed by atoms with van der Waals surface area (Å²) in [5.41, 5.74) is 5.83. The molecule has 1 heteroatoms. The van der Waals surface area contributed by atoms with Crippen LogP contribution in [0.15, 0.2) is 0 Å². The molecule has 0 radical (unpaired) electrons. The molecule has 0 aromatic heterocycles. The third-order valence-electron chi connectivity index (χ3n) is 2.72. The predicted octanol–water partition coefficient (Wildman–Crippen LogP) is 2.16. The van der Waals surface area contributed by atoms with E-state index in [1.165, 1.54) is 25.7 Å². The highest BCUT2D eigenvalue weighted by atomic mass is 14.6. The molecule has 0 aromatic rings. The third kappa shape index (κ3) is 1.98. The molecule has 2 N–H and O–H groups in total. The van der Waals surface area contributed by atoms with Gasteiger partial charge in [0.15, 0.2) is 0 Å². The molecule has 1 saturated carbocycles. The first-order valence-electron chi connectivity index (χ1n) is 4.45. The van der Waals surface area contributed by atoms with Gasteiger partial charge in [-0.3, -0.25) is 0 Å². The van der Waals surface area contributed by atoms with Crippen LogP contribution < -0.4 is 5.73 Å². The van der Waals surface area contributed by atoms with Gasteiger partial charge in [0, 0.05) is 6.04 Å². The zero-order valence-electron chi connectivity index (χ0n) is 7.14. The van der Waals surface area contributed by atoms with Crippen LogP contribution in [-0.2, 0) is 0 Å². The molecule has 1 nitrogen and oxygen atoms in total. The molecule has 1 aliphatic carbocycles. The lowest BCUT2D eigenvalue weighted by molar-refractivity contribution is 0.254. The molecule has 0 aliphatic heterocycles. The van der Waals surface area contributed by atoms with E-state index in [-0.39, 0.29) is 0 Å². The van der Waals surface area contributed by atoms with Gasteiger partial charge in [-0.2, -0.15) is 0 Å². The van der Waals surface area contributed by atoms with Crippen molar-refractivity contribution in [3.05, 3.63) is 0 Å². The fourth-order valence-electron chi connectivity index (χ4n) is 1.96. The summed E-state index contributed by atoms with van der Waals surface area (Å²) in [6.45, 7) is 4.48. The molecule has 1 rings (SSSR count). The molecule has 1 fully saturated rings. The van der Waals surface area contributed by atoms with Crippen molar-refractivity contribution in [2.24, 2.45) is 17.6 Å². The van der Waals surface area contributed by atoms with Crippen molar-refractivity contribution in [3.8, 4) is 0 Å². The second-order valence-corrected chi connectivity index (χ2v) is 3.89. The molecule has 0 bridgehead atoms. The van der Waals surface area contributed by atoms with Gasteiger partial charge in [0.2, 0.25) is 0 Å². The van der Waals surface area contributed by atoms with Crippen molar-refractivity contribution in [3.63, 3.8) is 0 Å². The van der Waals surface area contributed by atoms with Crippen molar-refractivity contribution in [2.45, 2.75) is 45.6 Å². The minimum atomic E-state index is 0.419. The maximum atomic E-state index is 5.83. The van der Waals surface area contributed by atoms with Crippen LogP contribution in [0.25, 0.3) is 0 Å². The van der Waals surface area contributed by atoms with E-state index in [2.05, 4.69) is 13.8 Å². The number of nitrogens with two attached hydrogens (primary N) is 1. The van der Waals surface area contributed by atoms with E-state index >= 15 is 0 Å². The van der Waals surface area contributed by atoms with Crippen molar-refractivity contribution >= 4 is 0 Å². The Hall–Kier alpha value is -0.0400. The predicted molar refractivity (Wildman–Crippen MR) is 44.8 cm³/mol. The van der Waals surface area contributed by atoms with E-state index in [0.29, 0.717) is 6.04 Å². The van der Waals surface area contributed by atoms with Gasteiger partial charge in [0.25, 0.3) is 0 Å². The first kappa shape index (κ1) is 8.06. The molecule has 10 heavy (non-hydrogen) atoms. The van der Waals surface area contributed by atoms with Crippen LogP contribution in [0.1, 0.15) is 39.5 Å². The summed E-state index contributed by atoms with van der Waals surface area (Å²) in [6, 6.07) is 0.419. The Balaban J connectivity index is 2.32. The Labute approximate surface area is 64.0 Å². The van der Waals surface area contributed by atoms with Crippen LogP contribution in [0.5, 0.6) is 0 Å². The largest absolute Gasteiger partial charge is 0.328 e. The summed E-state index contributed by atoms with van der Waals surface area (Å²) >= 11 is 0. The summed E-state index contributed by atoms with van der Waals surface area (Å²) in [4.78, 5) is 0. The summed E-state index contributed by atoms with van der Waals surface area (Å²) in [7, 11) is 0. The molecule has 1 aliphatic rings. The zero-order valence-corrected chi connectivity index (χ0v) is 7.14. The van der Waals surface area contributed by atoms with E-state index in [1.54, 1.807) is 0 Å². The first-order chi connectivity index (χ1) is 4.70. The highest BCUT2D eigenvalue weighted by molar-refractivity contribution is 4.75. The second-order valence-electron chi connectivity index (χ2n) is 3.89. The number of rotatable bonds is 1. The highest BCUT2D eigenvalue weighted by Crippen LogP contribution is 2.29. The fourth-order valence-corrected chi connectivity index (χ4v) is 1.96. The maximum Gasteiger partial charge on any atom is 0.00388 e. The average molecular weight is 141 g/mol. The summed E-state index contributed by atoms with van der Waals surface area (Å²) in [6.07, 6.45) is 5.54. The molecular formula is C9H19N. The van der Waals surface area contributed by atoms with E-state index in [0.717, 1.165) is 11.8 Å². The monoisotopic (exact) mass is 141 g/mol. The second kappa shape index (κ2) is 3.38. The topological polar surface area (TPSA) is 26.0 Å². The van der Waals surface area contributed by atoms with Gasteiger partial charge in [-0.15, -0.1) is 0 Å². The normalized spacial score (nSPS) is 37.5. The lowest BCUT2D eigenvalue weighted by atomic mass is 9.79. The van der Waals surface area contributed by atoms with Gasteiger partial charge >= 0.3 is 0 Å². The molecule has 0 amide bonds. The van der Waals surface area contributed by atoms with Crippen LogP contribution in [0.2, 0.25) is 0 Å². The van der Waals surface area contributed by atoms with Gasteiger partial charge in [-0.1, -0.05) is 19.8 Å². The Bertz CT molecular complexity index is 98.9. The smallest absolute Gasteiger partial charge is 0.00388 e. The molecule has 60 valence electrons. The Morgan fingerprint density at radius 2 is 2.10 bits per heavy atom. The Morgan fingerprint density at radius 3 is 2.50 bits per heavy atom. The van der Waals surface area contributed by atoms with E-state index in [9.17, 15) is 0 Å². The van der Waals surface area contributed by atoms with Gasteiger partial charge < -0.3 is 5.73 Å². The quantitative estimate of drug-likeness (QED) is 0.595. The van der Waals surface area contributed by atoms with Gasteiger partial charge in [-0.25, -0.2) is 0 Å². The van der Waals surface area contributed by atoms with Crippen molar-refractivity contribution in [1.82, 2.24) is 0 Å². The molecule has 0 heterocycles. The summed E-state index contributed by atoms with van der Waals surface area (Å²) in [5.74, 6) is 1.73. The minimum Gasteiger partial charge on any atom is -0.328 e. The van der Waals surface area contributed by atoms with Crippen molar-refractivity contribution < 1.29 is 0 Å². The van der Waals surface area contributed by atoms with Crippen LogP contribution in [0.4, 0.5) is 0 Å². The Morgan fingerprint density at radius 1 is 1.40 bits per heavy atom. The van der Waals surface area contributed by atoms with Gasteiger partial charge in [0.05, 0.1) is 0 Å². The maximum absolute atomic E-state index is 5.83. The minimum absolute atomic E-state index is 0.419. The van der Waals surface area contributed by atoms with Crippen LogP contribution in [-0.4, -0.2) is 6.04 Å². The average Bonchev–Trinajstić information content (AvgIpc) is 1.88.